The number of rotatable bonds is 25. The summed E-state index contributed by atoms with van der Waals surface area (Å²) >= 11 is 0. The van der Waals surface area contributed by atoms with Crippen LogP contribution in [0.5, 0.6) is 46.0 Å². The number of carbonyl (C=O) groups is 7. The maximum atomic E-state index is 12.6. The fourth-order valence-corrected chi connectivity index (χ4v) is 14.9. The van der Waals surface area contributed by atoms with Crippen molar-refractivity contribution in [2.24, 2.45) is 11.5 Å². The van der Waals surface area contributed by atoms with E-state index in [1.807, 2.05) is 62.3 Å². The summed E-state index contributed by atoms with van der Waals surface area (Å²) in [6.45, 7) is 25.2. The number of nitriles is 2. The molecule has 4 aliphatic heterocycles. The molecule has 4 aromatic heterocycles. The van der Waals surface area contributed by atoms with Gasteiger partial charge in [0.2, 0.25) is 5.91 Å². The summed E-state index contributed by atoms with van der Waals surface area (Å²) in [5, 5.41) is 62.9. The van der Waals surface area contributed by atoms with E-state index in [1.54, 1.807) is 168 Å². The Labute approximate surface area is 808 Å². The van der Waals surface area contributed by atoms with Crippen LogP contribution >= 0.6 is 0 Å². The molecule has 10 N–H and O–H groups in total. The molecule has 0 saturated carbocycles. The molecule has 0 spiro atoms. The van der Waals surface area contributed by atoms with Gasteiger partial charge in [-0.15, -0.1) is 0 Å². The van der Waals surface area contributed by atoms with Crippen molar-refractivity contribution in [3.05, 3.63) is 158 Å². The summed E-state index contributed by atoms with van der Waals surface area (Å²) < 4.78 is 70.4. The minimum absolute atomic E-state index is 0.0419. The van der Waals surface area contributed by atoms with E-state index in [4.69, 9.17) is 74.0 Å². The first-order valence-corrected chi connectivity index (χ1v) is 44.5. The normalized spacial score (nSPS) is 15.1. The van der Waals surface area contributed by atoms with E-state index in [1.165, 1.54) is 13.0 Å². The van der Waals surface area contributed by atoms with E-state index in [0.717, 1.165) is 0 Å². The fraction of sp³-hybridized carbons (Fsp3) is 0.444. The summed E-state index contributed by atoms with van der Waals surface area (Å²) in [7, 11) is 12.4. The third kappa shape index (κ3) is 29.6. The van der Waals surface area contributed by atoms with Crippen molar-refractivity contribution in [1.82, 2.24) is 58.7 Å². The van der Waals surface area contributed by atoms with E-state index in [9.17, 15) is 54.3 Å². The van der Waals surface area contributed by atoms with Crippen molar-refractivity contribution in [3.63, 3.8) is 0 Å². The quantitative estimate of drug-likeness (QED) is 0.00920. The number of hydrogen-bond donors (Lipinski definition) is 7. The molecule has 0 aliphatic carbocycles. The van der Waals surface area contributed by atoms with Gasteiger partial charge in [-0.25, -0.2) is 28.4 Å². The Morgan fingerprint density at radius 3 is 1.10 bits per heavy atom. The Hall–Kier alpha value is -15.9. The van der Waals surface area contributed by atoms with Gasteiger partial charge in [0.25, 0.3) is 11.8 Å². The molecule has 4 fully saturated rings. The first kappa shape index (κ1) is 107. The van der Waals surface area contributed by atoms with Crippen LogP contribution in [0.25, 0.3) is 0 Å². The van der Waals surface area contributed by atoms with Crippen molar-refractivity contribution in [2.75, 3.05) is 159 Å². The molecule has 0 unspecified atom stereocenters. The second-order valence-electron chi connectivity index (χ2n) is 34.8. The topological polar surface area (TPSA) is 505 Å². The number of aliphatic hydroxyl groups excluding tert-OH is 2. The maximum Gasteiger partial charge on any atom is 0.410 e. The predicted molar refractivity (Wildman–Crippen MR) is 513 cm³/mol. The van der Waals surface area contributed by atoms with Gasteiger partial charge in [-0.05, 0) is 179 Å². The highest BCUT2D eigenvalue weighted by molar-refractivity contribution is 6.00. The Morgan fingerprint density at radius 1 is 0.439 bits per heavy atom. The molecule has 40 nitrogen and oxygen atoms in total. The molecule has 8 aromatic rings. The maximum absolute atomic E-state index is 12.6. The second-order valence-corrected chi connectivity index (χ2v) is 34.8. The fourth-order valence-electron chi connectivity index (χ4n) is 14.9. The van der Waals surface area contributed by atoms with Gasteiger partial charge in [0.15, 0.2) is 17.1 Å². The highest BCUT2D eigenvalue weighted by Gasteiger charge is 2.39. The number of nitrogens with one attached hydrogen (secondary N) is 2. The predicted octanol–water partition coefficient (Wildman–Crippen LogP) is 9.53. The average molecular weight is 1910 g/mol. The van der Waals surface area contributed by atoms with E-state index >= 15 is 0 Å². The SMILES string of the molecule is C=CC(=O)N1CC[C@H](n2nc(C#Cc3cc(OC)cc(OC)c3)c(C(N)=O)c2CCCO)C1.COc1cc(C#Cc2nn([C@H]3CCN(C(=O)OC(C)(C)C)C3)c(N)c2C#N)cc(OC)c1.COc1cc(C#Cc2nn([C@H]3CCN(C(=O)OC(C)(C)C)C3)c(NCCO)c2C(N)=O)cc(OC)c1.COc1cc(C#Cc2nn([C@H]3CCN(C(=O)OC(C)(C)C)C3)c(NCCOC(C)=O)c2C#N)cc(OC)c1. The van der Waals surface area contributed by atoms with Crippen LogP contribution in [0.1, 0.15) is 208 Å². The average Bonchev–Trinajstić information content (AvgIpc) is 1.62. The van der Waals surface area contributed by atoms with Gasteiger partial charge in [-0.1, -0.05) is 30.3 Å². The van der Waals surface area contributed by atoms with Crippen molar-refractivity contribution >= 4 is 59.4 Å². The number of methoxy groups -OCH3 is 8. The highest BCUT2D eigenvalue weighted by atomic mass is 16.6. The van der Waals surface area contributed by atoms with Crippen LogP contribution in [-0.4, -0.2) is 270 Å². The zero-order chi connectivity index (χ0) is 102. The highest BCUT2D eigenvalue weighted by Crippen LogP contribution is 2.36. The Balaban J connectivity index is 0.000000208. The monoisotopic (exact) mass is 1910 g/mol. The third-order valence-electron chi connectivity index (χ3n) is 21.4. The van der Waals surface area contributed by atoms with Crippen molar-refractivity contribution in [1.29, 1.82) is 10.5 Å². The molecule has 139 heavy (non-hydrogen) atoms. The van der Waals surface area contributed by atoms with Crippen molar-refractivity contribution in [3.8, 4) is 105 Å². The van der Waals surface area contributed by atoms with Crippen LogP contribution in [0.3, 0.4) is 0 Å². The van der Waals surface area contributed by atoms with Gasteiger partial charge in [0, 0.05) is 119 Å². The summed E-state index contributed by atoms with van der Waals surface area (Å²) in [5.41, 5.74) is 20.8. The third-order valence-corrected chi connectivity index (χ3v) is 21.4. The smallest absolute Gasteiger partial charge is 0.410 e. The number of hydrogen-bond acceptors (Lipinski definition) is 30. The zero-order valence-corrected chi connectivity index (χ0v) is 81.6. The summed E-state index contributed by atoms with van der Waals surface area (Å²) in [6.07, 6.45) is 3.47. The van der Waals surface area contributed by atoms with Crippen LogP contribution in [-0.2, 0) is 35.0 Å². The van der Waals surface area contributed by atoms with E-state index in [2.05, 4.69) is 97.1 Å². The molecule has 0 bridgehead atoms. The van der Waals surface area contributed by atoms with Crippen LogP contribution in [0.2, 0.25) is 0 Å². The summed E-state index contributed by atoms with van der Waals surface area (Å²) in [6, 6.07) is 24.5. The molecular formula is C99H121N19O21. The van der Waals surface area contributed by atoms with Crippen LogP contribution in [0.4, 0.5) is 31.8 Å². The number of anilines is 3. The van der Waals surface area contributed by atoms with E-state index in [0.29, 0.717) is 176 Å². The van der Waals surface area contributed by atoms with Crippen LogP contribution in [0, 0.1) is 70.0 Å². The first-order valence-electron chi connectivity index (χ1n) is 44.5. The molecule has 4 aliphatic rings. The molecule has 0 radical (unpaired) electrons. The first-order chi connectivity index (χ1) is 66.1. The van der Waals surface area contributed by atoms with Gasteiger partial charge < -0.3 is 114 Å². The lowest BCUT2D eigenvalue weighted by molar-refractivity contribution is -0.140. The lowest BCUT2D eigenvalue weighted by Gasteiger charge is -2.24. The van der Waals surface area contributed by atoms with Crippen LogP contribution in [0.15, 0.2) is 85.5 Å². The van der Waals surface area contributed by atoms with Gasteiger partial charge in [0.1, 0.15) is 121 Å². The van der Waals surface area contributed by atoms with Gasteiger partial charge in [-0.3, -0.25) is 23.9 Å². The van der Waals surface area contributed by atoms with E-state index in [-0.39, 0.29) is 120 Å². The molecule has 8 heterocycles. The number of aromatic nitrogens is 8. The second kappa shape index (κ2) is 49.0. The molecule has 6 amide bonds. The standard InChI is InChI=1S/C27H33N5O6.C25H33N5O6.C24H28N4O5.C23H27N5O4/c1-18(33)37-12-10-29-25-23(16-28)24(8-7-19-13-21(35-5)15-22(14-19)36-6)30-32(25)20-9-11-31(17-20)26(34)38-27(2,3)4;1-25(2,3)36-24(33)29-10-8-17(15-29)30-23(27-9-11-31)21(22(26)32)20(28-30)7-6-16-12-18(34-4)14-19(13-16)35-5;1-4-22(30)27-10-9-17(15-27)28-21(6-5-11-29)23(24(25)31)20(26-28)8-7-16-12-18(32-2)14-19(13-16)33-3;1-23(2,3)32-22(29)27-9-8-16(14-27)28-21(25)19(13-24)20(26-28)7-6-15-10-17(30-4)12-18(11-15)31-5/h13-15,20,29H,9-12,17H2,1-6H3;12-14,17,27,31H,8-11,15H2,1-5H3,(H2,26,32);4,12-14,17,29H,1,5-6,9-11,15H2,2-3H3,(H2,25,31);10-12,16H,8-9,14,25H2,1-5H3/t20-;2*17-;16-/m0000/s1. The zero-order valence-electron chi connectivity index (χ0n) is 81.6. The number of amides is 6. The van der Waals surface area contributed by atoms with Crippen LogP contribution < -0.4 is 65.7 Å². The molecule has 4 saturated heterocycles. The Bertz CT molecular complexity index is 6060. The number of nitrogen functional groups attached to an aromatic ring is 1. The number of benzene rings is 4. The molecule has 4 aromatic carbocycles. The van der Waals surface area contributed by atoms with Gasteiger partial charge in [0.05, 0.1) is 105 Å². The van der Waals surface area contributed by atoms with Crippen molar-refractivity contribution < 1.29 is 101 Å². The Kier molecular flexibility index (Phi) is 37.7. The number of primary amides is 2. The van der Waals surface area contributed by atoms with E-state index < -0.39 is 46.8 Å². The molecule has 40 heteroatoms. The molecule has 12 rings (SSSR count). The number of esters is 1. The van der Waals surface area contributed by atoms with Crippen molar-refractivity contribution in [2.45, 2.75) is 149 Å². The largest absolute Gasteiger partial charge is 0.497 e. The number of carbonyl (C=O) groups excluding carboxylic acids is 7. The number of nitrogens with zero attached hydrogens (tertiary/aromatic N) is 14. The minimum Gasteiger partial charge on any atom is -0.497 e. The summed E-state index contributed by atoms with van der Waals surface area (Å²) in [5.74, 6) is 27.7. The Morgan fingerprint density at radius 2 is 0.755 bits per heavy atom. The van der Waals surface area contributed by atoms with Gasteiger partial charge in [-0.2, -0.15) is 30.9 Å². The number of ether oxygens (including phenoxy) is 12. The minimum atomic E-state index is -0.712. The molecule has 738 valence electrons. The summed E-state index contributed by atoms with van der Waals surface area (Å²) in [4.78, 5) is 92.1. The lowest BCUT2D eigenvalue weighted by atomic mass is 10.1. The molecular weight excluding hydrogens is 1790 g/mol. The number of aliphatic hydroxyl groups is 2. The number of likely N-dealkylation sites (tertiary alicyclic amines) is 4. The lowest BCUT2D eigenvalue weighted by Crippen LogP contribution is -2.35. The molecule has 4 atom stereocenters. The van der Waals surface area contributed by atoms with Gasteiger partial charge >= 0.3 is 24.2 Å². The number of nitrogens with two attached hydrogens (primary N) is 3.